The molecule has 2 fully saturated rings. The van der Waals surface area contributed by atoms with Crippen LogP contribution in [-0.4, -0.2) is 53.8 Å². The van der Waals surface area contributed by atoms with Crippen molar-refractivity contribution < 1.29 is 28.7 Å². The first-order valence-corrected chi connectivity index (χ1v) is 9.22. The number of nitrogens with zero attached hydrogens (tertiary/aromatic N) is 1. The number of hydrogen-bond acceptors (Lipinski definition) is 6. The molecule has 2 N–H and O–H groups in total. The van der Waals surface area contributed by atoms with E-state index in [1.807, 2.05) is 12.2 Å². The lowest BCUT2D eigenvalue weighted by Crippen LogP contribution is -2.45. The molecular weight excluding hydrogens is 354 g/mol. The summed E-state index contributed by atoms with van der Waals surface area (Å²) in [4.78, 5) is 60.7. The highest BCUT2D eigenvalue weighted by Crippen LogP contribution is 2.34. The minimum Gasteiger partial charge on any atom is -0.454 e. The average Bonchev–Trinajstić information content (AvgIpc) is 3.23. The van der Waals surface area contributed by atoms with E-state index in [-0.39, 0.29) is 17.9 Å². The fraction of sp³-hybridized carbons (Fsp3) is 0.611. The monoisotopic (exact) mass is 377 g/mol. The molecule has 0 spiro atoms. The van der Waals surface area contributed by atoms with Crippen LogP contribution in [0, 0.1) is 11.8 Å². The molecule has 2 atom stereocenters. The van der Waals surface area contributed by atoms with Crippen LogP contribution in [0.2, 0.25) is 0 Å². The number of urea groups is 1. The molecule has 0 aromatic rings. The molecular formula is C18H23N3O6. The second-order valence-corrected chi connectivity index (χ2v) is 7.08. The first kappa shape index (κ1) is 19.1. The van der Waals surface area contributed by atoms with Crippen LogP contribution in [0.5, 0.6) is 0 Å². The summed E-state index contributed by atoms with van der Waals surface area (Å²) in [5.74, 6) is -3.24. The Morgan fingerprint density at radius 1 is 1.04 bits per heavy atom. The third-order valence-electron chi connectivity index (χ3n) is 5.19. The number of amides is 5. The zero-order chi connectivity index (χ0) is 19.4. The van der Waals surface area contributed by atoms with E-state index in [1.54, 1.807) is 0 Å². The standard InChI is InChI=1S/C18H23N3O6/c22-14(20-18(26)19-11-5-1-2-6-11)10-27-15(23)9-21-16(24)12-7-3-4-8-13(12)17(21)25/h3-4,11-13H,1-2,5-10H2,(H2,19,20,22,26)/t12-,13+. The average molecular weight is 377 g/mol. The minimum absolute atomic E-state index is 0.0607. The molecule has 5 amide bonds. The van der Waals surface area contributed by atoms with Crippen molar-refractivity contribution >= 4 is 29.7 Å². The van der Waals surface area contributed by atoms with Gasteiger partial charge >= 0.3 is 12.0 Å². The Bertz CT molecular complexity index is 657. The fourth-order valence-electron chi connectivity index (χ4n) is 3.80. The highest BCUT2D eigenvalue weighted by Gasteiger charge is 2.47. The van der Waals surface area contributed by atoms with Gasteiger partial charge < -0.3 is 10.1 Å². The molecule has 9 nitrogen and oxygen atoms in total. The van der Waals surface area contributed by atoms with E-state index >= 15 is 0 Å². The third kappa shape index (κ3) is 4.53. The van der Waals surface area contributed by atoms with Crippen molar-refractivity contribution in [3.8, 4) is 0 Å². The molecule has 0 unspecified atom stereocenters. The van der Waals surface area contributed by atoms with Crippen LogP contribution >= 0.6 is 0 Å². The second kappa shape index (κ2) is 8.32. The zero-order valence-electron chi connectivity index (χ0n) is 14.9. The van der Waals surface area contributed by atoms with Gasteiger partial charge in [-0.2, -0.15) is 0 Å². The Labute approximate surface area is 156 Å². The van der Waals surface area contributed by atoms with E-state index in [9.17, 15) is 24.0 Å². The molecule has 0 bridgehead atoms. The number of hydrogen-bond donors (Lipinski definition) is 2. The number of nitrogens with one attached hydrogen (secondary N) is 2. The van der Waals surface area contributed by atoms with Gasteiger partial charge in [-0.15, -0.1) is 0 Å². The lowest BCUT2D eigenvalue weighted by molar-refractivity contribution is -0.154. The zero-order valence-corrected chi connectivity index (χ0v) is 14.9. The summed E-state index contributed by atoms with van der Waals surface area (Å²) in [7, 11) is 0. The van der Waals surface area contributed by atoms with E-state index in [0.717, 1.165) is 30.6 Å². The predicted octanol–water partition coefficient (Wildman–Crippen LogP) is 0.249. The minimum atomic E-state index is -0.866. The molecule has 3 aliphatic rings. The third-order valence-corrected chi connectivity index (χ3v) is 5.19. The lowest BCUT2D eigenvalue weighted by atomic mass is 9.85. The lowest BCUT2D eigenvalue weighted by Gasteiger charge is -2.14. The first-order valence-electron chi connectivity index (χ1n) is 9.22. The topological polar surface area (TPSA) is 122 Å². The summed E-state index contributed by atoms with van der Waals surface area (Å²) < 4.78 is 4.79. The number of carbonyl (C=O) groups is 5. The summed E-state index contributed by atoms with van der Waals surface area (Å²) in [6.45, 7) is -1.17. The van der Waals surface area contributed by atoms with E-state index in [0.29, 0.717) is 12.8 Å². The van der Waals surface area contributed by atoms with E-state index in [4.69, 9.17) is 4.74 Å². The number of imide groups is 2. The quantitative estimate of drug-likeness (QED) is 0.402. The van der Waals surface area contributed by atoms with Crippen LogP contribution in [0.4, 0.5) is 4.79 Å². The number of likely N-dealkylation sites (tertiary alicyclic amines) is 1. The van der Waals surface area contributed by atoms with Crippen LogP contribution in [0.1, 0.15) is 38.5 Å². The van der Waals surface area contributed by atoms with Gasteiger partial charge in [0.2, 0.25) is 11.8 Å². The highest BCUT2D eigenvalue weighted by molar-refractivity contribution is 6.07. The summed E-state index contributed by atoms with van der Waals surface area (Å²) in [6, 6.07) is -0.560. The molecule has 0 aromatic carbocycles. The number of fused-ring (bicyclic) bond motifs is 1. The molecule has 2 aliphatic carbocycles. The van der Waals surface area contributed by atoms with Crippen molar-refractivity contribution in [2.75, 3.05) is 13.2 Å². The van der Waals surface area contributed by atoms with E-state index in [2.05, 4.69) is 10.6 Å². The predicted molar refractivity (Wildman–Crippen MR) is 92.0 cm³/mol. The van der Waals surface area contributed by atoms with Crippen molar-refractivity contribution in [3.63, 3.8) is 0 Å². The number of allylic oxidation sites excluding steroid dienone is 2. The Morgan fingerprint density at radius 2 is 1.63 bits per heavy atom. The molecule has 1 saturated heterocycles. The maximum atomic E-state index is 12.3. The molecule has 146 valence electrons. The van der Waals surface area contributed by atoms with Gasteiger partial charge in [0.15, 0.2) is 6.61 Å². The smallest absolute Gasteiger partial charge is 0.326 e. The Kier molecular flexibility index (Phi) is 5.88. The Balaban J connectivity index is 1.40. The summed E-state index contributed by atoms with van der Waals surface area (Å²) in [5, 5.41) is 4.77. The van der Waals surface area contributed by atoms with Crippen LogP contribution in [-0.2, 0) is 23.9 Å². The molecule has 1 aliphatic heterocycles. The van der Waals surface area contributed by atoms with Gasteiger partial charge in [-0.1, -0.05) is 25.0 Å². The fourth-order valence-corrected chi connectivity index (χ4v) is 3.80. The molecule has 1 saturated carbocycles. The number of esters is 1. The Hall–Kier alpha value is -2.71. The summed E-state index contributed by atoms with van der Waals surface area (Å²) >= 11 is 0. The van der Waals surface area contributed by atoms with Gasteiger partial charge in [0.05, 0.1) is 11.8 Å². The van der Waals surface area contributed by atoms with Crippen LogP contribution < -0.4 is 10.6 Å². The van der Waals surface area contributed by atoms with Crippen LogP contribution in [0.3, 0.4) is 0 Å². The second-order valence-electron chi connectivity index (χ2n) is 7.08. The van der Waals surface area contributed by atoms with E-state index in [1.165, 1.54) is 0 Å². The molecule has 27 heavy (non-hydrogen) atoms. The number of carbonyl (C=O) groups excluding carboxylic acids is 5. The highest BCUT2D eigenvalue weighted by atomic mass is 16.5. The van der Waals surface area contributed by atoms with Gasteiger partial charge in [0, 0.05) is 6.04 Å². The van der Waals surface area contributed by atoms with E-state index < -0.39 is 42.9 Å². The van der Waals surface area contributed by atoms with Crippen molar-refractivity contribution in [1.29, 1.82) is 0 Å². The van der Waals surface area contributed by atoms with Crippen molar-refractivity contribution in [1.82, 2.24) is 15.5 Å². The van der Waals surface area contributed by atoms with Gasteiger partial charge in [-0.25, -0.2) is 4.79 Å². The Morgan fingerprint density at radius 3 is 2.22 bits per heavy atom. The van der Waals surface area contributed by atoms with Crippen LogP contribution in [0.15, 0.2) is 12.2 Å². The van der Waals surface area contributed by atoms with Gasteiger partial charge in [0.25, 0.3) is 5.91 Å². The molecule has 0 aromatic heterocycles. The van der Waals surface area contributed by atoms with Crippen LogP contribution in [0.25, 0.3) is 0 Å². The van der Waals surface area contributed by atoms with Gasteiger partial charge in [-0.3, -0.25) is 29.4 Å². The largest absolute Gasteiger partial charge is 0.454 e. The normalized spacial score (nSPS) is 24.7. The molecule has 9 heteroatoms. The van der Waals surface area contributed by atoms with Crippen molar-refractivity contribution in [3.05, 3.63) is 12.2 Å². The summed E-state index contributed by atoms with van der Waals surface area (Å²) in [5.41, 5.74) is 0. The van der Waals surface area contributed by atoms with Gasteiger partial charge in [-0.05, 0) is 25.7 Å². The summed E-state index contributed by atoms with van der Waals surface area (Å²) in [6.07, 6.45) is 8.53. The molecule has 1 heterocycles. The van der Waals surface area contributed by atoms with Crippen molar-refractivity contribution in [2.45, 2.75) is 44.6 Å². The SMILES string of the molecule is O=C(COC(=O)CN1C(=O)[C@H]2CC=CC[C@H]2C1=O)NC(=O)NC1CCCC1. The van der Waals surface area contributed by atoms with Gasteiger partial charge in [0.1, 0.15) is 6.54 Å². The number of rotatable bonds is 5. The number of ether oxygens (including phenoxy) is 1. The molecule has 0 radical (unpaired) electrons. The molecule has 3 rings (SSSR count). The van der Waals surface area contributed by atoms with Crippen molar-refractivity contribution in [2.24, 2.45) is 11.8 Å². The maximum Gasteiger partial charge on any atom is 0.326 e. The maximum absolute atomic E-state index is 12.3. The first-order chi connectivity index (χ1) is 13.0.